The van der Waals surface area contributed by atoms with E-state index in [1.807, 2.05) is 12.3 Å². The van der Waals surface area contributed by atoms with E-state index in [-0.39, 0.29) is 0 Å². The summed E-state index contributed by atoms with van der Waals surface area (Å²) in [5.74, 6) is 0. The predicted octanol–water partition coefficient (Wildman–Crippen LogP) is 1.22. The van der Waals surface area contributed by atoms with Crippen LogP contribution in [0.4, 0.5) is 0 Å². The van der Waals surface area contributed by atoms with E-state index < -0.39 is 0 Å². The van der Waals surface area contributed by atoms with Crippen LogP contribution in [0.15, 0.2) is 24.4 Å². The maximum Gasteiger partial charge on any atom is 0.0648 e. The highest BCUT2D eigenvalue weighted by Crippen LogP contribution is 2.20. The number of ether oxygens (including phenoxy) is 2. The zero-order valence-corrected chi connectivity index (χ0v) is 12.5. The van der Waals surface area contributed by atoms with Crippen LogP contribution in [-0.2, 0) is 9.47 Å². The number of pyridine rings is 1. The average Bonchev–Trinajstić information content (AvgIpc) is 2.58. The van der Waals surface area contributed by atoms with E-state index in [2.05, 4.69) is 27.3 Å². The van der Waals surface area contributed by atoms with E-state index in [1.165, 1.54) is 0 Å². The van der Waals surface area contributed by atoms with Crippen LogP contribution in [0.25, 0.3) is 0 Å². The molecular weight excluding hydrogens is 266 g/mol. The zero-order chi connectivity index (χ0) is 14.3. The summed E-state index contributed by atoms with van der Waals surface area (Å²) in [5, 5.41) is 3.71. The van der Waals surface area contributed by atoms with Crippen molar-refractivity contribution in [1.82, 2.24) is 15.2 Å². The van der Waals surface area contributed by atoms with E-state index >= 15 is 0 Å². The van der Waals surface area contributed by atoms with E-state index in [4.69, 9.17) is 9.47 Å². The number of nitrogens with one attached hydrogen (secondary N) is 1. The topological polar surface area (TPSA) is 46.6 Å². The molecule has 0 radical (unpaired) electrons. The fourth-order valence-electron chi connectivity index (χ4n) is 3.06. The highest BCUT2D eigenvalue weighted by molar-refractivity contribution is 5.10. The molecule has 1 atom stereocenters. The Labute approximate surface area is 126 Å². The number of rotatable bonds is 5. The van der Waals surface area contributed by atoms with Crippen molar-refractivity contribution in [2.24, 2.45) is 0 Å². The smallest absolute Gasteiger partial charge is 0.0648 e. The lowest BCUT2D eigenvalue weighted by atomic mass is 10.1. The van der Waals surface area contributed by atoms with Gasteiger partial charge in [-0.3, -0.25) is 9.88 Å². The van der Waals surface area contributed by atoms with Gasteiger partial charge in [-0.25, -0.2) is 0 Å². The minimum atomic E-state index is 0.331. The third-order valence-corrected chi connectivity index (χ3v) is 4.34. The van der Waals surface area contributed by atoms with E-state index in [0.717, 1.165) is 64.6 Å². The maximum atomic E-state index is 5.48. The first kappa shape index (κ1) is 14.9. The second-order valence-electron chi connectivity index (χ2n) is 5.71. The Morgan fingerprint density at radius 1 is 1.14 bits per heavy atom. The van der Waals surface area contributed by atoms with Crippen LogP contribution in [0.3, 0.4) is 0 Å². The Morgan fingerprint density at radius 2 is 1.90 bits per heavy atom. The second kappa shape index (κ2) is 7.84. The Balaban J connectivity index is 1.63. The van der Waals surface area contributed by atoms with Crippen LogP contribution in [0.1, 0.15) is 24.6 Å². The molecule has 0 bridgehead atoms. The summed E-state index contributed by atoms with van der Waals surface area (Å²) < 4.78 is 10.9. The van der Waals surface area contributed by atoms with Gasteiger partial charge in [0.05, 0.1) is 24.9 Å². The number of nitrogens with zero attached hydrogens (tertiary/aromatic N) is 2. The van der Waals surface area contributed by atoms with Gasteiger partial charge in [-0.15, -0.1) is 0 Å². The fourth-order valence-corrected chi connectivity index (χ4v) is 3.06. The van der Waals surface area contributed by atoms with Crippen molar-refractivity contribution >= 4 is 0 Å². The van der Waals surface area contributed by atoms with Gasteiger partial charge >= 0.3 is 0 Å². The average molecular weight is 291 g/mol. The molecule has 2 saturated heterocycles. The molecule has 116 valence electrons. The minimum Gasteiger partial charge on any atom is -0.381 e. The maximum absolute atomic E-state index is 5.48. The summed E-state index contributed by atoms with van der Waals surface area (Å²) in [6, 6.07) is 7.09. The quantitative estimate of drug-likeness (QED) is 0.884. The first-order valence-electron chi connectivity index (χ1n) is 7.97. The van der Waals surface area contributed by atoms with Crippen molar-refractivity contribution in [3.05, 3.63) is 30.1 Å². The fraction of sp³-hybridized carbons (Fsp3) is 0.688. The van der Waals surface area contributed by atoms with Crippen molar-refractivity contribution < 1.29 is 9.47 Å². The molecular formula is C16H25N3O2. The lowest BCUT2D eigenvalue weighted by Crippen LogP contribution is -2.45. The molecule has 1 aromatic rings. The Bertz CT molecular complexity index is 403. The van der Waals surface area contributed by atoms with Gasteiger partial charge in [0, 0.05) is 45.1 Å². The summed E-state index contributed by atoms with van der Waals surface area (Å²) >= 11 is 0. The van der Waals surface area contributed by atoms with Gasteiger partial charge in [-0.1, -0.05) is 6.07 Å². The summed E-state index contributed by atoms with van der Waals surface area (Å²) in [4.78, 5) is 7.06. The lowest BCUT2D eigenvalue weighted by molar-refractivity contribution is 0.0130. The summed E-state index contributed by atoms with van der Waals surface area (Å²) in [6.45, 7) is 6.31. The number of hydrogen-bond donors (Lipinski definition) is 1. The van der Waals surface area contributed by atoms with Crippen LogP contribution < -0.4 is 5.32 Å². The van der Waals surface area contributed by atoms with Gasteiger partial charge in [0.2, 0.25) is 0 Å². The van der Waals surface area contributed by atoms with Crippen molar-refractivity contribution in [1.29, 1.82) is 0 Å². The summed E-state index contributed by atoms with van der Waals surface area (Å²) in [7, 11) is 0. The third-order valence-electron chi connectivity index (χ3n) is 4.34. The summed E-state index contributed by atoms with van der Waals surface area (Å²) in [5.41, 5.74) is 1.15. The number of hydrogen-bond acceptors (Lipinski definition) is 5. The van der Waals surface area contributed by atoms with Gasteiger partial charge in [-0.2, -0.15) is 0 Å². The van der Waals surface area contributed by atoms with Gasteiger partial charge in [0.1, 0.15) is 0 Å². The molecule has 0 unspecified atom stereocenters. The van der Waals surface area contributed by atoms with Crippen LogP contribution in [0, 0.1) is 0 Å². The monoisotopic (exact) mass is 291 g/mol. The molecule has 21 heavy (non-hydrogen) atoms. The van der Waals surface area contributed by atoms with Gasteiger partial charge in [-0.05, 0) is 25.0 Å². The SMILES string of the molecule is c1ccc([C@H](CNC2CCOCC2)N2CCOCC2)nc1. The second-order valence-corrected chi connectivity index (χ2v) is 5.71. The molecule has 3 heterocycles. The minimum absolute atomic E-state index is 0.331. The molecule has 5 nitrogen and oxygen atoms in total. The molecule has 5 heteroatoms. The predicted molar refractivity (Wildman–Crippen MR) is 81.2 cm³/mol. The Hall–Kier alpha value is -1.01. The molecule has 0 aliphatic carbocycles. The standard InChI is InChI=1S/C16H25N3O2/c1-2-6-17-15(3-1)16(19-7-11-21-12-8-19)13-18-14-4-9-20-10-5-14/h1-3,6,14,16,18H,4-5,7-13H2/t16-/m0/s1. The molecule has 2 fully saturated rings. The lowest BCUT2D eigenvalue weighted by Gasteiger charge is -2.35. The Kier molecular flexibility index (Phi) is 5.57. The van der Waals surface area contributed by atoms with E-state index in [0.29, 0.717) is 12.1 Å². The molecule has 2 aliphatic rings. The van der Waals surface area contributed by atoms with Crippen molar-refractivity contribution in [2.45, 2.75) is 24.9 Å². The largest absolute Gasteiger partial charge is 0.381 e. The van der Waals surface area contributed by atoms with Gasteiger partial charge in [0.25, 0.3) is 0 Å². The molecule has 1 N–H and O–H groups in total. The van der Waals surface area contributed by atoms with Crippen LogP contribution in [-0.4, -0.2) is 62.0 Å². The highest BCUT2D eigenvalue weighted by atomic mass is 16.5. The van der Waals surface area contributed by atoms with E-state index in [9.17, 15) is 0 Å². The normalized spacial score (nSPS) is 23.0. The molecule has 0 saturated carbocycles. The molecule has 0 spiro atoms. The molecule has 3 rings (SSSR count). The zero-order valence-electron chi connectivity index (χ0n) is 12.5. The Morgan fingerprint density at radius 3 is 2.62 bits per heavy atom. The summed E-state index contributed by atoms with van der Waals surface area (Å²) in [6.07, 6.45) is 4.10. The highest BCUT2D eigenvalue weighted by Gasteiger charge is 2.24. The first-order chi connectivity index (χ1) is 10.4. The molecule has 2 aliphatic heterocycles. The van der Waals surface area contributed by atoms with Crippen LogP contribution in [0.5, 0.6) is 0 Å². The van der Waals surface area contributed by atoms with Crippen molar-refractivity contribution in [2.75, 3.05) is 46.1 Å². The molecule has 1 aromatic heterocycles. The number of morpholine rings is 1. The van der Waals surface area contributed by atoms with Crippen molar-refractivity contribution in [3.63, 3.8) is 0 Å². The third kappa shape index (κ3) is 4.23. The van der Waals surface area contributed by atoms with Crippen LogP contribution >= 0.6 is 0 Å². The van der Waals surface area contributed by atoms with Crippen LogP contribution in [0.2, 0.25) is 0 Å². The number of aromatic nitrogens is 1. The van der Waals surface area contributed by atoms with Gasteiger partial charge in [0.15, 0.2) is 0 Å². The van der Waals surface area contributed by atoms with E-state index in [1.54, 1.807) is 0 Å². The molecule has 0 amide bonds. The first-order valence-corrected chi connectivity index (χ1v) is 7.97. The molecule has 0 aromatic carbocycles. The van der Waals surface area contributed by atoms with Crippen molar-refractivity contribution in [3.8, 4) is 0 Å². The van der Waals surface area contributed by atoms with Gasteiger partial charge < -0.3 is 14.8 Å².